The Morgan fingerprint density at radius 3 is 2.82 bits per heavy atom. The van der Waals surface area contributed by atoms with Crippen LogP contribution in [0.4, 0.5) is 0 Å². The smallest absolute Gasteiger partial charge is 0.0386 e. The summed E-state index contributed by atoms with van der Waals surface area (Å²) in [6, 6.07) is 4.87. The van der Waals surface area contributed by atoms with E-state index in [1.807, 2.05) is 11.3 Å². The highest BCUT2D eigenvalue weighted by Gasteiger charge is 2.18. The van der Waals surface area contributed by atoms with Crippen molar-refractivity contribution in [3.63, 3.8) is 0 Å². The zero-order valence-electron chi connectivity index (χ0n) is 11.0. The third-order valence-electron chi connectivity index (χ3n) is 3.84. The van der Waals surface area contributed by atoms with Gasteiger partial charge in [-0.25, -0.2) is 0 Å². The van der Waals surface area contributed by atoms with E-state index in [2.05, 4.69) is 41.6 Å². The Balaban J connectivity index is 1.69. The summed E-state index contributed by atoms with van der Waals surface area (Å²) in [6.45, 7) is 9.50. The summed E-state index contributed by atoms with van der Waals surface area (Å²) in [5, 5.41) is 5.84. The van der Waals surface area contributed by atoms with E-state index in [-0.39, 0.29) is 0 Å². The number of thiophene rings is 1. The van der Waals surface area contributed by atoms with Crippen molar-refractivity contribution in [3.05, 3.63) is 22.4 Å². The van der Waals surface area contributed by atoms with Crippen molar-refractivity contribution in [2.45, 2.75) is 32.7 Å². The summed E-state index contributed by atoms with van der Waals surface area (Å²) in [7, 11) is 0. The molecular weight excluding hydrogens is 228 g/mol. The molecule has 0 radical (unpaired) electrons. The number of likely N-dealkylation sites (tertiary alicyclic amines) is 1. The molecule has 0 saturated carbocycles. The maximum absolute atomic E-state index is 3.68. The highest BCUT2D eigenvalue weighted by molar-refractivity contribution is 7.10. The number of hydrogen-bond acceptors (Lipinski definition) is 3. The minimum atomic E-state index is 0.513. The summed E-state index contributed by atoms with van der Waals surface area (Å²) in [5.74, 6) is 0.875. The molecule has 1 aliphatic rings. The largest absolute Gasteiger partial charge is 0.309 e. The lowest BCUT2D eigenvalue weighted by atomic mass is 9.96. The number of nitrogens with zero attached hydrogens (tertiary/aromatic N) is 1. The third kappa shape index (κ3) is 3.80. The van der Waals surface area contributed by atoms with Gasteiger partial charge in [0.2, 0.25) is 0 Å². The first-order chi connectivity index (χ1) is 8.29. The van der Waals surface area contributed by atoms with E-state index in [4.69, 9.17) is 0 Å². The first kappa shape index (κ1) is 13.1. The lowest BCUT2D eigenvalue weighted by Gasteiger charge is -2.31. The molecule has 3 heteroatoms. The highest BCUT2D eigenvalue weighted by atomic mass is 32.1. The fraction of sp³-hybridized carbons (Fsp3) is 0.714. The third-order valence-corrected chi connectivity index (χ3v) is 4.89. The van der Waals surface area contributed by atoms with Gasteiger partial charge in [-0.3, -0.25) is 0 Å². The van der Waals surface area contributed by atoms with Crippen LogP contribution in [-0.2, 0) is 0 Å². The van der Waals surface area contributed by atoms with Crippen LogP contribution in [0, 0.1) is 5.92 Å². The summed E-state index contributed by atoms with van der Waals surface area (Å²) in [6.07, 6.45) is 2.72. The van der Waals surface area contributed by atoms with E-state index in [0.717, 1.165) is 5.92 Å². The van der Waals surface area contributed by atoms with Crippen LogP contribution in [0.1, 0.15) is 37.6 Å². The van der Waals surface area contributed by atoms with Gasteiger partial charge in [0.05, 0.1) is 0 Å². The zero-order chi connectivity index (χ0) is 12.1. The fourth-order valence-corrected chi connectivity index (χ4v) is 3.25. The Kier molecular flexibility index (Phi) is 5.01. The van der Waals surface area contributed by atoms with Gasteiger partial charge in [-0.2, -0.15) is 0 Å². The predicted molar refractivity (Wildman–Crippen MR) is 75.6 cm³/mol. The Morgan fingerprint density at radius 1 is 1.47 bits per heavy atom. The summed E-state index contributed by atoms with van der Waals surface area (Å²) in [5.41, 5.74) is 0. The first-order valence-corrected chi connectivity index (χ1v) is 7.66. The number of piperidine rings is 1. The van der Waals surface area contributed by atoms with Gasteiger partial charge in [-0.15, -0.1) is 11.3 Å². The van der Waals surface area contributed by atoms with Crippen LogP contribution in [0.3, 0.4) is 0 Å². The number of hydrogen-bond donors (Lipinski definition) is 1. The molecule has 0 bridgehead atoms. The van der Waals surface area contributed by atoms with Crippen molar-refractivity contribution in [1.29, 1.82) is 0 Å². The quantitative estimate of drug-likeness (QED) is 0.866. The van der Waals surface area contributed by atoms with Crippen LogP contribution in [-0.4, -0.2) is 31.1 Å². The molecule has 1 N–H and O–H groups in total. The van der Waals surface area contributed by atoms with Crippen molar-refractivity contribution in [1.82, 2.24) is 10.2 Å². The molecule has 1 atom stereocenters. The lowest BCUT2D eigenvalue weighted by Crippen LogP contribution is -2.37. The van der Waals surface area contributed by atoms with Crippen LogP contribution in [0.25, 0.3) is 0 Å². The average molecular weight is 252 g/mol. The average Bonchev–Trinajstić information content (AvgIpc) is 2.90. The van der Waals surface area contributed by atoms with Crippen molar-refractivity contribution < 1.29 is 0 Å². The molecule has 0 aliphatic carbocycles. The van der Waals surface area contributed by atoms with E-state index in [1.54, 1.807) is 0 Å². The topological polar surface area (TPSA) is 15.3 Å². The SMILES string of the molecule is CCN1CCC(CNC(C)c2cccs2)CC1. The van der Waals surface area contributed by atoms with Crippen LogP contribution in [0.5, 0.6) is 0 Å². The van der Waals surface area contributed by atoms with E-state index < -0.39 is 0 Å². The minimum absolute atomic E-state index is 0.513. The molecule has 17 heavy (non-hydrogen) atoms. The summed E-state index contributed by atoms with van der Waals surface area (Å²) >= 11 is 1.85. The maximum Gasteiger partial charge on any atom is 0.0386 e. The van der Waals surface area contributed by atoms with Crippen molar-refractivity contribution in [2.24, 2.45) is 5.92 Å². The normalized spacial score (nSPS) is 20.6. The zero-order valence-corrected chi connectivity index (χ0v) is 11.8. The van der Waals surface area contributed by atoms with Gasteiger partial charge < -0.3 is 10.2 Å². The van der Waals surface area contributed by atoms with Crippen LogP contribution >= 0.6 is 11.3 Å². The minimum Gasteiger partial charge on any atom is -0.309 e. The number of rotatable bonds is 5. The predicted octanol–water partition coefficient (Wildman–Crippen LogP) is 3.13. The molecule has 0 spiro atoms. The molecule has 2 rings (SSSR count). The second-order valence-electron chi connectivity index (χ2n) is 5.02. The Morgan fingerprint density at radius 2 is 2.24 bits per heavy atom. The molecule has 0 amide bonds. The second-order valence-corrected chi connectivity index (χ2v) is 6.00. The molecule has 1 aromatic rings. The molecule has 2 heterocycles. The van der Waals surface area contributed by atoms with Gasteiger partial charge in [0.15, 0.2) is 0 Å². The van der Waals surface area contributed by atoms with Gasteiger partial charge in [-0.05, 0) is 63.3 Å². The lowest BCUT2D eigenvalue weighted by molar-refractivity contribution is 0.188. The molecule has 96 valence electrons. The molecular formula is C14H24N2S. The molecule has 1 saturated heterocycles. The first-order valence-electron chi connectivity index (χ1n) is 6.78. The van der Waals surface area contributed by atoms with Crippen molar-refractivity contribution in [2.75, 3.05) is 26.2 Å². The van der Waals surface area contributed by atoms with Gasteiger partial charge in [0.25, 0.3) is 0 Å². The molecule has 0 aromatic carbocycles. The van der Waals surface area contributed by atoms with Gasteiger partial charge >= 0.3 is 0 Å². The molecule has 1 fully saturated rings. The molecule has 1 aliphatic heterocycles. The number of nitrogens with one attached hydrogen (secondary N) is 1. The van der Waals surface area contributed by atoms with E-state index in [9.17, 15) is 0 Å². The molecule has 1 aromatic heterocycles. The van der Waals surface area contributed by atoms with E-state index >= 15 is 0 Å². The van der Waals surface area contributed by atoms with Crippen LogP contribution in [0.15, 0.2) is 17.5 Å². The Bertz CT molecular complexity index is 302. The van der Waals surface area contributed by atoms with Crippen molar-refractivity contribution >= 4 is 11.3 Å². The van der Waals surface area contributed by atoms with Gasteiger partial charge in [-0.1, -0.05) is 13.0 Å². The van der Waals surface area contributed by atoms with E-state index in [1.165, 1.54) is 43.9 Å². The van der Waals surface area contributed by atoms with E-state index in [0.29, 0.717) is 6.04 Å². The molecule has 2 nitrogen and oxygen atoms in total. The van der Waals surface area contributed by atoms with Crippen molar-refractivity contribution in [3.8, 4) is 0 Å². The second kappa shape index (κ2) is 6.53. The Labute approximate surface area is 109 Å². The van der Waals surface area contributed by atoms with Crippen LogP contribution in [0.2, 0.25) is 0 Å². The summed E-state index contributed by atoms with van der Waals surface area (Å²) in [4.78, 5) is 4.01. The standard InChI is InChI=1S/C14H24N2S/c1-3-16-8-6-13(7-9-16)11-15-12(2)14-5-4-10-17-14/h4-5,10,12-13,15H,3,6-9,11H2,1-2H3. The monoisotopic (exact) mass is 252 g/mol. The fourth-order valence-electron chi connectivity index (χ4n) is 2.49. The van der Waals surface area contributed by atoms with Crippen LogP contribution < -0.4 is 5.32 Å². The summed E-state index contributed by atoms with van der Waals surface area (Å²) < 4.78 is 0. The molecule has 1 unspecified atom stereocenters. The maximum atomic E-state index is 3.68. The van der Waals surface area contributed by atoms with Gasteiger partial charge in [0.1, 0.15) is 0 Å². The van der Waals surface area contributed by atoms with Gasteiger partial charge in [0, 0.05) is 10.9 Å². The Hall–Kier alpha value is -0.380. The highest BCUT2D eigenvalue weighted by Crippen LogP contribution is 2.20.